The number of nitrogens with zero attached hydrogens (tertiary/aromatic N) is 1. The van der Waals surface area contributed by atoms with Gasteiger partial charge in [-0.2, -0.15) is 0 Å². The van der Waals surface area contributed by atoms with Crippen molar-refractivity contribution in [1.29, 1.82) is 0 Å². The second kappa shape index (κ2) is 47.8. The van der Waals surface area contributed by atoms with E-state index in [2.05, 4.69) is 62.5 Å². The molecule has 65 heavy (non-hydrogen) atoms. The molecule has 0 saturated heterocycles. The van der Waals surface area contributed by atoms with Gasteiger partial charge in [-0.1, -0.05) is 223 Å². The minimum Gasteiger partial charge on any atom is -0.544 e. The molecule has 0 aromatic rings. The summed E-state index contributed by atoms with van der Waals surface area (Å²) in [5, 5.41) is 11.7. The van der Waals surface area contributed by atoms with E-state index in [1.165, 1.54) is 135 Å². The van der Waals surface area contributed by atoms with Crippen LogP contribution in [0.15, 0.2) is 48.6 Å². The first-order valence-corrected chi connectivity index (χ1v) is 27.2. The monoisotopic (exact) mass is 914 g/mol. The SMILES string of the molecule is CC/C=C/C/C=C/C/C=C/C/C=C/CCCCCCCCCC(=O)OC(COCCC(C(=O)[O-])[N+](C)(C)C)COC(=O)CCCCCCCCCCCCCCCCCCCCCCC. The first-order chi connectivity index (χ1) is 31.6. The molecule has 0 radical (unpaired) electrons. The zero-order valence-corrected chi connectivity index (χ0v) is 43.2. The predicted molar refractivity (Wildman–Crippen MR) is 273 cm³/mol. The summed E-state index contributed by atoms with van der Waals surface area (Å²) in [5.74, 6) is -1.74. The Morgan fingerprint density at radius 1 is 0.477 bits per heavy atom. The summed E-state index contributed by atoms with van der Waals surface area (Å²) in [6.07, 6.45) is 58.6. The Morgan fingerprint density at radius 2 is 0.862 bits per heavy atom. The molecule has 0 aliphatic carbocycles. The van der Waals surface area contributed by atoms with E-state index in [0.717, 1.165) is 77.0 Å². The molecule has 0 aliphatic rings. The van der Waals surface area contributed by atoms with Gasteiger partial charge in [0.05, 0.1) is 40.3 Å². The van der Waals surface area contributed by atoms with Crippen LogP contribution in [0.5, 0.6) is 0 Å². The number of carboxylic acid groups (broad SMARTS) is 1. The standard InChI is InChI=1S/C57H103NO7/c1-6-8-10-12-14-16-18-20-22-24-26-28-30-31-33-35-37-39-41-43-45-47-55(59)64-52-53(51-63-50-49-54(57(61)62)58(3,4)5)65-56(60)48-46-44-42-40-38-36-34-32-29-27-25-23-21-19-17-15-13-11-9-7-2/h9,11,15,17,21,23,27,29,53-54H,6-8,10,12-14,16,18-20,22,24-26,28,30-52H2,1-5H3/b11-9+,17-15+,23-21+,29-27+. The van der Waals surface area contributed by atoms with Gasteiger partial charge in [-0.3, -0.25) is 9.59 Å². The summed E-state index contributed by atoms with van der Waals surface area (Å²) in [6.45, 7) is 4.58. The number of rotatable bonds is 49. The molecule has 0 amide bonds. The summed E-state index contributed by atoms with van der Waals surface area (Å²) >= 11 is 0. The molecule has 0 heterocycles. The van der Waals surface area contributed by atoms with Crippen LogP contribution in [0.25, 0.3) is 0 Å². The van der Waals surface area contributed by atoms with Crippen molar-refractivity contribution in [3.05, 3.63) is 48.6 Å². The number of esters is 2. The molecule has 0 N–H and O–H groups in total. The molecule has 0 spiro atoms. The molecule has 0 fully saturated rings. The highest BCUT2D eigenvalue weighted by Crippen LogP contribution is 2.17. The number of aliphatic carboxylic acids is 1. The third-order valence-electron chi connectivity index (χ3n) is 12.2. The van der Waals surface area contributed by atoms with Gasteiger partial charge in [0.25, 0.3) is 0 Å². The molecule has 378 valence electrons. The highest BCUT2D eigenvalue weighted by molar-refractivity contribution is 5.70. The van der Waals surface area contributed by atoms with Crippen molar-refractivity contribution in [3.8, 4) is 0 Å². The van der Waals surface area contributed by atoms with Crippen LogP contribution in [0, 0.1) is 0 Å². The van der Waals surface area contributed by atoms with E-state index in [1.807, 2.05) is 0 Å². The van der Waals surface area contributed by atoms with Crippen molar-refractivity contribution < 1.29 is 38.2 Å². The number of carbonyl (C=O) groups is 3. The van der Waals surface area contributed by atoms with E-state index in [1.54, 1.807) is 21.1 Å². The molecule has 0 rings (SSSR count). The first kappa shape index (κ1) is 62.3. The molecule has 2 atom stereocenters. The molecular formula is C57H103NO7. The number of unbranched alkanes of at least 4 members (excludes halogenated alkanes) is 27. The van der Waals surface area contributed by atoms with Gasteiger partial charge >= 0.3 is 11.9 Å². The molecule has 0 saturated carbocycles. The van der Waals surface area contributed by atoms with E-state index in [0.29, 0.717) is 12.8 Å². The number of hydrogen-bond donors (Lipinski definition) is 0. The average Bonchev–Trinajstić information content (AvgIpc) is 3.27. The van der Waals surface area contributed by atoms with Crippen LogP contribution >= 0.6 is 0 Å². The maximum Gasteiger partial charge on any atom is 0.306 e. The Labute approximate surface area is 401 Å². The predicted octanol–water partition coefficient (Wildman–Crippen LogP) is 14.6. The van der Waals surface area contributed by atoms with Crippen LogP contribution < -0.4 is 5.11 Å². The zero-order chi connectivity index (χ0) is 47.7. The quantitative estimate of drug-likeness (QED) is 0.0259. The molecule has 0 bridgehead atoms. The molecule has 2 unspecified atom stereocenters. The number of carbonyl (C=O) groups excluding carboxylic acids is 3. The van der Waals surface area contributed by atoms with E-state index in [-0.39, 0.29) is 42.7 Å². The average molecular weight is 914 g/mol. The van der Waals surface area contributed by atoms with Crippen molar-refractivity contribution in [3.63, 3.8) is 0 Å². The maximum absolute atomic E-state index is 12.8. The largest absolute Gasteiger partial charge is 0.544 e. The molecular weight excluding hydrogens is 811 g/mol. The van der Waals surface area contributed by atoms with Crippen molar-refractivity contribution in [1.82, 2.24) is 0 Å². The first-order valence-electron chi connectivity index (χ1n) is 27.2. The molecule has 0 aromatic heterocycles. The lowest BCUT2D eigenvalue weighted by Gasteiger charge is -2.34. The fourth-order valence-corrected chi connectivity index (χ4v) is 8.06. The van der Waals surface area contributed by atoms with E-state index in [9.17, 15) is 19.5 Å². The van der Waals surface area contributed by atoms with Crippen molar-refractivity contribution in [2.75, 3.05) is 41.0 Å². The fourth-order valence-electron chi connectivity index (χ4n) is 8.06. The second-order valence-corrected chi connectivity index (χ2v) is 19.4. The fraction of sp³-hybridized carbons (Fsp3) is 0.807. The van der Waals surface area contributed by atoms with Gasteiger partial charge in [-0.05, 0) is 51.4 Å². The zero-order valence-electron chi connectivity index (χ0n) is 43.2. The van der Waals surface area contributed by atoms with Crippen molar-refractivity contribution >= 4 is 17.9 Å². The molecule has 8 heteroatoms. The van der Waals surface area contributed by atoms with Gasteiger partial charge < -0.3 is 28.6 Å². The molecule has 0 aromatic carbocycles. The maximum atomic E-state index is 12.8. The van der Waals surface area contributed by atoms with Gasteiger partial charge in [-0.15, -0.1) is 0 Å². The summed E-state index contributed by atoms with van der Waals surface area (Å²) in [4.78, 5) is 37.1. The van der Waals surface area contributed by atoms with Crippen LogP contribution in [0.2, 0.25) is 0 Å². The minimum atomic E-state index is -1.12. The van der Waals surface area contributed by atoms with E-state index < -0.39 is 18.1 Å². The Morgan fingerprint density at radius 3 is 1.28 bits per heavy atom. The van der Waals surface area contributed by atoms with Gasteiger partial charge in [0.15, 0.2) is 6.10 Å². The summed E-state index contributed by atoms with van der Waals surface area (Å²) in [6, 6.07) is -0.728. The minimum absolute atomic E-state index is 0.0379. The number of allylic oxidation sites excluding steroid dienone is 8. The Kier molecular flexibility index (Phi) is 45.8. The van der Waals surface area contributed by atoms with Gasteiger partial charge in [-0.25, -0.2) is 0 Å². The highest BCUT2D eigenvalue weighted by atomic mass is 16.6. The number of quaternary nitrogens is 1. The number of ether oxygens (including phenoxy) is 3. The van der Waals surface area contributed by atoms with Crippen molar-refractivity contribution in [2.45, 2.75) is 257 Å². The van der Waals surface area contributed by atoms with Crippen LogP contribution in [0.3, 0.4) is 0 Å². The Hall–Kier alpha value is -2.71. The Balaban J connectivity index is 4.20. The third kappa shape index (κ3) is 46.2. The van der Waals surface area contributed by atoms with Crippen molar-refractivity contribution in [2.24, 2.45) is 0 Å². The topological polar surface area (TPSA) is 102 Å². The number of carboxylic acids is 1. The summed E-state index contributed by atoms with van der Waals surface area (Å²) in [7, 11) is 5.42. The van der Waals surface area contributed by atoms with Crippen LogP contribution in [0.1, 0.15) is 245 Å². The Bertz CT molecular complexity index is 1200. The lowest BCUT2D eigenvalue weighted by molar-refractivity contribution is -0.889. The molecule has 0 aliphatic heterocycles. The van der Waals surface area contributed by atoms with E-state index >= 15 is 0 Å². The van der Waals surface area contributed by atoms with Crippen LogP contribution in [0.4, 0.5) is 0 Å². The van der Waals surface area contributed by atoms with Gasteiger partial charge in [0.1, 0.15) is 12.6 Å². The second-order valence-electron chi connectivity index (χ2n) is 19.4. The van der Waals surface area contributed by atoms with E-state index in [4.69, 9.17) is 14.2 Å². The third-order valence-corrected chi connectivity index (χ3v) is 12.2. The molecule has 8 nitrogen and oxygen atoms in total. The van der Waals surface area contributed by atoms with Gasteiger partial charge in [0.2, 0.25) is 0 Å². The summed E-state index contributed by atoms with van der Waals surface area (Å²) in [5.41, 5.74) is 0. The number of likely N-dealkylation sites (N-methyl/N-ethyl adjacent to an activating group) is 1. The smallest absolute Gasteiger partial charge is 0.306 e. The van der Waals surface area contributed by atoms with Gasteiger partial charge in [0, 0.05) is 19.3 Å². The number of hydrogen-bond acceptors (Lipinski definition) is 7. The normalized spacial score (nSPS) is 13.2. The lowest BCUT2D eigenvalue weighted by atomic mass is 10.0. The van der Waals surface area contributed by atoms with Crippen LogP contribution in [-0.2, 0) is 28.6 Å². The lowest BCUT2D eigenvalue weighted by Crippen LogP contribution is -2.55. The summed E-state index contributed by atoms with van der Waals surface area (Å²) < 4.78 is 17.3. The van der Waals surface area contributed by atoms with Crippen LogP contribution in [-0.4, -0.2) is 75.5 Å². The highest BCUT2D eigenvalue weighted by Gasteiger charge is 2.25.